The van der Waals surface area contributed by atoms with Gasteiger partial charge in [0.05, 0.1) is 6.54 Å². The van der Waals surface area contributed by atoms with Crippen molar-refractivity contribution in [3.63, 3.8) is 0 Å². The summed E-state index contributed by atoms with van der Waals surface area (Å²) in [7, 11) is 0. The zero-order valence-corrected chi connectivity index (χ0v) is 11.5. The molecule has 1 saturated carbocycles. The smallest absolute Gasteiger partial charge is 0.223 e. The van der Waals surface area contributed by atoms with Crippen LogP contribution in [0.1, 0.15) is 25.7 Å². The molecule has 1 aliphatic carbocycles. The number of rotatable bonds is 6. The lowest BCUT2D eigenvalue weighted by Gasteiger charge is -2.10. The molecule has 1 N–H and O–H groups in total. The van der Waals surface area contributed by atoms with Gasteiger partial charge in [0, 0.05) is 5.92 Å². The minimum absolute atomic E-state index is 0.0252. The van der Waals surface area contributed by atoms with E-state index in [1.807, 2.05) is 0 Å². The second-order valence-electron chi connectivity index (χ2n) is 5.08. The Morgan fingerprint density at radius 3 is 2.43 bits per heavy atom. The predicted molar refractivity (Wildman–Crippen MR) is 71.8 cm³/mol. The summed E-state index contributed by atoms with van der Waals surface area (Å²) < 4.78 is 31.4. The first kappa shape index (κ1) is 15.4. The van der Waals surface area contributed by atoms with Crippen molar-refractivity contribution < 1.29 is 23.1 Å². The van der Waals surface area contributed by atoms with Crippen LogP contribution in [-0.2, 0) is 9.59 Å². The first-order chi connectivity index (χ1) is 10.1. The number of Topliss-reactive ketones (excluding diaryl/α,β-unsaturated/α-hetero) is 1. The normalized spacial score (nSPS) is 15.0. The van der Waals surface area contributed by atoms with Crippen LogP contribution in [0.3, 0.4) is 0 Å². The predicted octanol–water partition coefficient (Wildman–Crippen LogP) is 2.22. The Kier molecular flexibility index (Phi) is 5.25. The summed E-state index contributed by atoms with van der Waals surface area (Å²) in [6.07, 6.45) is 3.75. The van der Waals surface area contributed by atoms with Gasteiger partial charge < -0.3 is 10.1 Å². The van der Waals surface area contributed by atoms with E-state index in [-0.39, 0.29) is 18.4 Å². The molecule has 1 aromatic carbocycles. The summed E-state index contributed by atoms with van der Waals surface area (Å²) in [4.78, 5) is 23.3. The topological polar surface area (TPSA) is 55.4 Å². The van der Waals surface area contributed by atoms with Crippen molar-refractivity contribution in [1.82, 2.24) is 5.32 Å². The van der Waals surface area contributed by atoms with Crippen molar-refractivity contribution in [2.24, 2.45) is 5.92 Å². The summed E-state index contributed by atoms with van der Waals surface area (Å²) in [5.41, 5.74) is 0. The third-order valence-corrected chi connectivity index (χ3v) is 3.48. The van der Waals surface area contributed by atoms with Gasteiger partial charge in [-0.1, -0.05) is 18.9 Å². The Labute approximate surface area is 121 Å². The molecule has 1 aliphatic rings. The second-order valence-corrected chi connectivity index (χ2v) is 5.08. The molecule has 0 heterocycles. The molecule has 0 aromatic heterocycles. The largest absolute Gasteiger partial charge is 0.480 e. The SMILES string of the molecule is O=C(CNC(=O)C1CCCC1)COc1c(F)cccc1F. The number of hydrogen-bond acceptors (Lipinski definition) is 3. The number of carbonyl (C=O) groups excluding carboxylic acids is 2. The fourth-order valence-electron chi connectivity index (χ4n) is 2.34. The van der Waals surface area contributed by atoms with E-state index in [9.17, 15) is 18.4 Å². The molecule has 0 saturated heterocycles. The van der Waals surface area contributed by atoms with Gasteiger partial charge in [-0.25, -0.2) is 8.78 Å². The van der Waals surface area contributed by atoms with Crippen LogP contribution in [0.25, 0.3) is 0 Å². The van der Waals surface area contributed by atoms with Gasteiger partial charge in [-0.15, -0.1) is 0 Å². The van der Waals surface area contributed by atoms with E-state index in [2.05, 4.69) is 5.32 Å². The minimum atomic E-state index is -0.863. The number of hydrogen-bond donors (Lipinski definition) is 1. The van der Waals surface area contributed by atoms with Crippen molar-refractivity contribution in [3.05, 3.63) is 29.8 Å². The zero-order valence-electron chi connectivity index (χ0n) is 11.5. The highest BCUT2D eigenvalue weighted by Gasteiger charge is 2.22. The summed E-state index contributed by atoms with van der Waals surface area (Å²) in [6, 6.07) is 3.30. The van der Waals surface area contributed by atoms with Gasteiger partial charge in [-0.2, -0.15) is 0 Å². The zero-order chi connectivity index (χ0) is 15.2. The van der Waals surface area contributed by atoms with Crippen LogP contribution in [0.5, 0.6) is 5.75 Å². The maximum absolute atomic E-state index is 13.3. The molecule has 0 bridgehead atoms. The number of halogens is 2. The van der Waals surface area contributed by atoms with Gasteiger partial charge in [-0.3, -0.25) is 9.59 Å². The molecule has 4 nitrogen and oxygen atoms in total. The summed E-state index contributed by atoms with van der Waals surface area (Å²) in [5, 5.41) is 2.53. The highest BCUT2D eigenvalue weighted by molar-refractivity contribution is 5.87. The van der Waals surface area contributed by atoms with Crippen molar-refractivity contribution in [2.75, 3.05) is 13.2 Å². The van der Waals surface area contributed by atoms with E-state index in [4.69, 9.17) is 4.74 Å². The first-order valence-corrected chi connectivity index (χ1v) is 6.94. The molecule has 1 amide bonds. The van der Waals surface area contributed by atoms with Crippen LogP contribution >= 0.6 is 0 Å². The number of amides is 1. The lowest BCUT2D eigenvalue weighted by atomic mass is 10.1. The number of carbonyl (C=O) groups is 2. The molecule has 114 valence electrons. The summed E-state index contributed by atoms with van der Waals surface area (Å²) in [6.45, 7) is -0.672. The Morgan fingerprint density at radius 2 is 1.81 bits per heavy atom. The molecule has 1 aromatic rings. The Morgan fingerprint density at radius 1 is 1.19 bits per heavy atom. The van der Waals surface area contributed by atoms with E-state index in [0.717, 1.165) is 37.8 Å². The average molecular weight is 297 g/mol. The number of benzene rings is 1. The third kappa shape index (κ3) is 4.24. The van der Waals surface area contributed by atoms with Crippen molar-refractivity contribution in [2.45, 2.75) is 25.7 Å². The Bertz CT molecular complexity index is 507. The fraction of sp³-hybridized carbons (Fsp3) is 0.467. The molecule has 2 rings (SSSR count). The highest BCUT2D eigenvalue weighted by Crippen LogP contribution is 2.24. The lowest BCUT2D eigenvalue weighted by Crippen LogP contribution is -2.35. The van der Waals surface area contributed by atoms with Crippen LogP contribution in [0.4, 0.5) is 8.78 Å². The van der Waals surface area contributed by atoms with Crippen LogP contribution < -0.4 is 10.1 Å². The molecule has 1 fully saturated rings. The number of ketones is 1. The average Bonchev–Trinajstić information content (AvgIpc) is 2.98. The molecule has 0 atom stereocenters. The molecule has 0 radical (unpaired) electrons. The van der Waals surface area contributed by atoms with Crippen LogP contribution in [0.2, 0.25) is 0 Å². The van der Waals surface area contributed by atoms with Gasteiger partial charge in [0.2, 0.25) is 5.91 Å². The summed E-state index contributed by atoms with van der Waals surface area (Å²) >= 11 is 0. The van der Waals surface area contributed by atoms with E-state index in [1.165, 1.54) is 6.07 Å². The number of nitrogens with one attached hydrogen (secondary N) is 1. The third-order valence-electron chi connectivity index (χ3n) is 3.48. The van der Waals surface area contributed by atoms with Gasteiger partial charge in [0.15, 0.2) is 23.2 Å². The van der Waals surface area contributed by atoms with Crippen molar-refractivity contribution >= 4 is 11.7 Å². The Hall–Kier alpha value is -1.98. The van der Waals surface area contributed by atoms with Crippen molar-refractivity contribution in [3.8, 4) is 5.75 Å². The quantitative estimate of drug-likeness (QED) is 0.876. The van der Waals surface area contributed by atoms with Crippen LogP contribution in [0, 0.1) is 17.6 Å². The van der Waals surface area contributed by atoms with Gasteiger partial charge in [0.1, 0.15) is 6.61 Å². The summed E-state index contributed by atoms with van der Waals surface area (Å²) in [5.74, 6) is -2.91. The molecule has 21 heavy (non-hydrogen) atoms. The van der Waals surface area contributed by atoms with Crippen LogP contribution in [-0.4, -0.2) is 24.8 Å². The van der Waals surface area contributed by atoms with Gasteiger partial charge >= 0.3 is 0 Å². The molecule has 0 aliphatic heterocycles. The lowest BCUT2D eigenvalue weighted by molar-refractivity contribution is -0.128. The maximum atomic E-state index is 13.3. The fourth-order valence-corrected chi connectivity index (χ4v) is 2.34. The van der Waals surface area contributed by atoms with E-state index in [0.29, 0.717) is 0 Å². The maximum Gasteiger partial charge on any atom is 0.223 e. The first-order valence-electron chi connectivity index (χ1n) is 6.94. The van der Waals surface area contributed by atoms with Crippen LogP contribution in [0.15, 0.2) is 18.2 Å². The van der Waals surface area contributed by atoms with Gasteiger partial charge in [0.25, 0.3) is 0 Å². The molecule has 0 spiro atoms. The number of para-hydroxylation sites is 1. The molecular weight excluding hydrogens is 280 g/mol. The molecular formula is C15H17F2NO3. The Balaban J connectivity index is 1.76. The highest BCUT2D eigenvalue weighted by atomic mass is 19.1. The minimum Gasteiger partial charge on any atom is -0.480 e. The molecule has 6 heteroatoms. The van der Waals surface area contributed by atoms with Crippen molar-refractivity contribution in [1.29, 1.82) is 0 Å². The molecule has 0 unspecified atom stereocenters. The van der Waals surface area contributed by atoms with E-state index < -0.39 is 29.8 Å². The standard InChI is InChI=1S/C15H17F2NO3/c16-12-6-3-7-13(17)14(12)21-9-11(19)8-18-15(20)10-4-1-2-5-10/h3,6-7,10H,1-2,4-5,8-9H2,(H,18,20). The van der Waals surface area contributed by atoms with Gasteiger partial charge in [-0.05, 0) is 25.0 Å². The van der Waals surface area contributed by atoms with E-state index >= 15 is 0 Å². The monoisotopic (exact) mass is 297 g/mol. The number of ether oxygens (including phenoxy) is 1. The van der Waals surface area contributed by atoms with E-state index in [1.54, 1.807) is 0 Å². The second kappa shape index (κ2) is 7.15.